The average Bonchev–Trinajstić information content (AvgIpc) is 2.81. The summed E-state index contributed by atoms with van der Waals surface area (Å²) < 4.78 is 10.9. The normalized spacial score (nSPS) is 16.1. The second-order valence-electron chi connectivity index (χ2n) is 7.14. The first-order valence-electron chi connectivity index (χ1n) is 7.42. The highest BCUT2D eigenvalue weighted by molar-refractivity contribution is 6.59. The molecule has 0 fully saturated rings. The van der Waals surface area contributed by atoms with Crippen molar-refractivity contribution in [3.8, 4) is 11.5 Å². The van der Waals surface area contributed by atoms with E-state index in [0.29, 0.717) is 12.8 Å². The van der Waals surface area contributed by atoms with E-state index in [9.17, 15) is 0 Å². The Bertz CT molecular complexity index is 489. The minimum absolute atomic E-state index is 0.0308. The monoisotopic (exact) mass is 267 g/mol. The lowest BCUT2D eigenvalue weighted by atomic mass is 9.44. The van der Waals surface area contributed by atoms with E-state index in [4.69, 9.17) is 9.47 Å². The molecule has 0 amide bonds. The summed E-state index contributed by atoms with van der Waals surface area (Å²) in [4.78, 5) is 0. The number of hydrogen-bond donors (Lipinski definition) is 1. The Kier molecular flexibility index (Phi) is 4.24. The van der Waals surface area contributed by atoms with Crippen LogP contribution >= 0.6 is 0 Å². The first-order chi connectivity index (χ1) is 9.24. The van der Waals surface area contributed by atoms with Crippen LogP contribution in [-0.2, 0) is 5.21 Å². The van der Waals surface area contributed by atoms with Gasteiger partial charge in [-0.25, -0.2) is 0 Å². The summed E-state index contributed by atoms with van der Waals surface area (Å²) in [6.45, 7) is 2.56. The van der Waals surface area contributed by atoms with Gasteiger partial charge in [0.05, 0.1) is 0 Å². The van der Waals surface area contributed by atoms with Gasteiger partial charge in [0.2, 0.25) is 6.79 Å². The summed E-state index contributed by atoms with van der Waals surface area (Å²) in [5.41, 5.74) is 1.28. The van der Waals surface area contributed by atoms with Gasteiger partial charge in [0.25, 0.3) is 0 Å². The smallest absolute Gasteiger partial charge is 0.231 e. The summed E-state index contributed by atoms with van der Waals surface area (Å²) in [5.74, 6) is 1.71. The molecule has 1 unspecified atom stereocenters. The second-order valence-corrected chi connectivity index (χ2v) is 7.14. The lowest BCUT2D eigenvalue weighted by Gasteiger charge is -2.40. The van der Waals surface area contributed by atoms with Crippen LogP contribution in [0, 0.1) is 0 Å². The molecule has 1 aliphatic heterocycles. The van der Waals surface area contributed by atoms with Crippen LogP contribution in [0.5, 0.6) is 11.5 Å². The lowest BCUT2D eigenvalue weighted by Crippen LogP contribution is -2.59. The van der Waals surface area contributed by atoms with E-state index in [2.05, 4.69) is 63.6 Å². The largest absolute Gasteiger partial charge is 0.454 e. The zero-order chi connectivity index (χ0) is 15.0. The number of ether oxygens (including phenoxy) is 2. The molecular formula is C12H22B5NO2. The van der Waals surface area contributed by atoms with Gasteiger partial charge in [-0.1, -0.05) is 23.8 Å². The van der Waals surface area contributed by atoms with Crippen LogP contribution in [0.4, 0.5) is 0 Å². The molecule has 1 aliphatic rings. The Morgan fingerprint density at radius 1 is 1.15 bits per heavy atom. The second kappa shape index (κ2) is 5.47. The third-order valence-electron chi connectivity index (χ3n) is 4.00. The van der Waals surface area contributed by atoms with Crippen molar-refractivity contribution in [3.05, 3.63) is 23.8 Å². The van der Waals surface area contributed by atoms with Gasteiger partial charge >= 0.3 is 0 Å². The van der Waals surface area contributed by atoms with Crippen LogP contribution in [-0.4, -0.2) is 57.3 Å². The molecule has 1 heterocycles. The van der Waals surface area contributed by atoms with Crippen molar-refractivity contribution in [1.29, 1.82) is 0 Å². The van der Waals surface area contributed by atoms with E-state index >= 15 is 0 Å². The van der Waals surface area contributed by atoms with Crippen LogP contribution < -0.4 is 14.8 Å². The third-order valence-corrected chi connectivity index (χ3v) is 4.00. The van der Waals surface area contributed by atoms with Crippen molar-refractivity contribution < 1.29 is 9.47 Å². The predicted octanol–water partition coefficient (Wildman–Crippen LogP) is -3.29. The van der Waals surface area contributed by atoms with Crippen LogP contribution in [0.2, 0.25) is 0 Å². The molecule has 3 nitrogen and oxygen atoms in total. The molecule has 1 atom stereocenters. The highest BCUT2D eigenvalue weighted by Crippen LogP contribution is 2.36. The number of nitrogens with one attached hydrogen (secondary N) is 1. The quantitative estimate of drug-likeness (QED) is 0.567. The van der Waals surface area contributed by atoms with Crippen molar-refractivity contribution in [1.82, 2.24) is 5.32 Å². The van der Waals surface area contributed by atoms with Gasteiger partial charge in [0.1, 0.15) is 39.2 Å². The first-order valence-corrected chi connectivity index (χ1v) is 7.42. The van der Waals surface area contributed by atoms with Crippen molar-refractivity contribution in [2.45, 2.75) is 29.8 Å². The molecule has 0 spiro atoms. The zero-order valence-corrected chi connectivity index (χ0v) is 13.5. The van der Waals surface area contributed by atoms with Gasteiger partial charge in [-0.2, -0.15) is 0 Å². The van der Waals surface area contributed by atoms with Crippen LogP contribution in [0.3, 0.4) is 0 Å². The van der Waals surface area contributed by atoms with E-state index in [1.807, 2.05) is 6.07 Å². The van der Waals surface area contributed by atoms with Crippen LogP contribution in [0.1, 0.15) is 18.9 Å². The van der Waals surface area contributed by atoms with Crippen molar-refractivity contribution in [2.24, 2.45) is 0 Å². The molecule has 20 heavy (non-hydrogen) atoms. The fourth-order valence-corrected chi connectivity index (χ4v) is 2.81. The fraction of sp³-hybridized carbons (Fsp3) is 0.500. The van der Waals surface area contributed by atoms with Gasteiger partial charge in [0, 0.05) is 6.04 Å². The molecule has 0 radical (unpaired) electrons. The fourth-order valence-electron chi connectivity index (χ4n) is 2.81. The first kappa shape index (κ1) is 15.5. The van der Waals surface area contributed by atoms with Gasteiger partial charge in [-0.05, 0) is 23.8 Å². The van der Waals surface area contributed by atoms with E-state index in [1.165, 1.54) is 5.56 Å². The maximum atomic E-state index is 5.51. The molecule has 0 saturated heterocycles. The predicted molar refractivity (Wildman–Crippen MR) is 96.9 cm³/mol. The highest BCUT2D eigenvalue weighted by atomic mass is 16.7. The lowest BCUT2D eigenvalue weighted by molar-refractivity contribution is 0.174. The zero-order valence-electron chi connectivity index (χ0n) is 13.5. The molecule has 1 aromatic carbocycles. The molecule has 0 aliphatic carbocycles. The standard InChI is InChI=1S/C12H22B5NO2/c1-2-10(18-12(15,16)17)11(13,14)7-3-4-8-9(5-7)20-6-19-8/h3-5,10,18H,2,6,13-17H2,1H3. The maximum absolute atomic E-state index is 5.51. The molecule has 2 rings (SSSR count). The van der Waals surface area contributed by atoms with Crippen molar-refractivity contribution in [3.63, 3.8) is 0 Å². The minimum Gasteiger partial charge on any atom is -0.454 e. The van der Waals surface area contributed by atoms with Crippen molar-refractivity contribution in [2.75, 3.05) is 6.79 Å². The van der Waals surface area contributed by atoms with Gasteiger partial charge in [-0.15, -0.1) is 0 Å². The van der Waals surface area contributed by atoms with E-state index in [1.54, 1.807) is 0 Å². The van der Waals surface area contributed by atoms with Gasteiger partial charge in [0.15, 0.2) is 11.5 Å². The third kappa shape index (κ3) is 3.22. The Labute approximate surface area is 126 Å². The summed E-state index contributed by atoms with van der Waals surface area (Å²) in [6, 6.07) is 6.70. The van der Waals surface area contributed by atoms with Crippen LogP contribution in [0.25, 0.3) is 0 Å². The molecule has 1 aromatic rings. The molecule has 102 valence electrons. The van der Waals surface area contributed by atoms with Crippen LogP contribution in [0.15, 0.2) is 18.2 Å². The number of benzene rings is 1. The van der Waals surface area contributed by atoms with E-state index in [0.717, 1.165) is 17.9 Å². The number of hydrogen-bond acceptors (Lipinski definition) is 3. The molecule has 0 bridgehead atoms. The summed E-state index contributed by atoms with van der Waals surface area (Å²) in [5, 5.41) is 3.88. The highest BCUT2D eigenvalue weighted by Gasteiger charge is 2.33. The molecule has 0 saturated carbocycles. The Balaban J connectivity index is 2.28. The Morgan fingerprint density at radius 3 is 2.40 bits per heavy atom. The average molecular weight is 266 g/mol. The number of rotatable bonds is 5. The topological polar surface area (TPSA) is 30.5 Å². The summed E-state index contributed by atoms with van der Waals surface area (Å²) in [7, 11) is 11.2. The van der Waals surface area contributed by atoms with Crippen molar-refractivity contribution >= 4 is 39.2 Å². The van der Waals surface area contributed by atoms with E-state index < -0.39 is 0 Å². The van der Waals surface area contributed by atoms with Gasteiger partial charge < -0.3 is 14.8 Å². The summed E-state index contributed by atoms with van der Waals surface area (Å²) >= 11 is 0. The number of fused-ring (bicyclic) bond motifs is 1. The molecule has 0 aromatic heterocycles. The molecule has 8 heteroatoms. The van der Waals surface area contributed by atoms with Gasteiger partial charge in [-0.3, -0.25) is 0 Å². The molecule has 1 N–H and O–H groups in total. The molecular weight excluding hydrogens is 244 g/mol. The van der Waals surface area contributed by atoms with E-state index in [-0.39, 0.29) is 10.5 Å². The Hall–Kier alpha value is -0.895. The Morgan fingerprint density at radius 2 is 1.80 bits per heavy atom. The maximum Gasteiger partial charge on any atom is 0.231 e. The SMILES string of the molecule is BC(B)(B)NC(CC)C(B)(B)c1ccc2c(c1)OCO2. The minimum atomic E-state index is 0.0308. The summed E-state index contributed by atoms with van der Waals surface area (Å²) in [6.07, 6.45) is 1.08.